The number of hydrogen-bond acceptors (Lipinski definition) is 3. The molecule has 0 radical (unpaired) electrons. The molecular weight excluding hydrogens is 478 g/mol. The molecule has 4 nitrogen and oxygen atoms in total. The van der Waals surface area contributed by atoms with Crippen LogP contribution >= 0.6 is 11.8 Å². The summed E-state index contributed by atoms with van der Waals surface area (Å²) in [6.07, 6.45) is 0.279. The Morgan fingerprint density at radius 2 is 1.42 bits per heavy atom. The largest absolute Gasteiger partial charge is 0.350 e. The molecule has 0 unspecified atom stereocenters. The van der Waals surface area contributed by atoms with Gasteiger partial charge in [-0.25, -0.2) is 8.78 Å². The topological polar surface area (TPSA) is 49.4 Å². The van der Waals surface area contributed by atoms with E-state index in [0.717, 1.165) is 5.56 Å². The van der Waals surface area contributed by atoms with Gasteiger partial charge in [0.2, 0.25) is 11.8 Å². The average molecular weight is 511 g/mol. The number of nitrogens with zero attached hydrogens (tertiary/aromatic N) is 1. The normalized spacial score (nSPS) is 12.1. The van der Waals surface area contributed by atoms with E-state index in [0.29, 0.717) is 16.9 Å². The molecule has 36 heavy (non-hydrogen) atoms. The van der Waals surface area contributed by atoms with Crippen molar-refractivity contribution in [3.8, 4) is 0 Å². The van der Waals surface area contributed by atoms with E-state index in [1.807, 2.05) is 51.1 Å². The zero-order valence-corrected chi connectivity index (χ0v) is 21.7. The molecular formula is C29H32F2N2O2S. The second-order valence-electron chi connectivity index (χ2n) is 9.64. The lowest BCUT2D eigenvalue weighted by Crippen LogP contribution is -2.54. The predicted molar refractivity (Wildman–Crippen MR) is 141 cm³/mol. The quantitative estimate of drug-likeness (QED) is 0.378. The van der Waals surface area contributed by atoms with Gasteiger partial charge in [-0.2, -0.15) is 0 Å². The molecule has 0 fully saturated rings. The number of hydrogen-bond donors (Lipinski definition) is 1. The summed E-state index contributed by atoms with van der Waals surface area (Å²) >= 11 is 1.26. The van der Waals surface area contributed by atoms with Crippen LogP contribution in [0.15, 0.2) is 78.9 Å². The Morgan fingerprint density at radius 1 is 0.861 bits per heavy atom. The molecule has 0 heterocycles. The number of benzene rings is 3. The van der Waals surface area contributed by atoms with E-state index in [4.69, 9.17) is 0 Å². The van der Waals surface area contributed by atoms with Crippen molar-refractivity contribution in [2.24, 2.45) is 0 Å². The van der Waals surface area contributed by atoms with E-state index < -0.39 is 17.4 Å². The van der Waals surface area contributed by atoms with Gasteiger partial charge in [-0.1, -0.05) is 66.7 Å². The van der Waals surface area contributed by atoms with Crippen LogP contribution in [0.4, 0.5) is 8.78 Å². The lowest BCUT2D eigenvalue weighted by atomic mass is 10.0. The fourth-order valence-corrected chi connectivity index (χ4v) is 4.66. The minimum absolute atomic E-state index is 0.0247. The molecule has 3 rings (SSSR count). The Balaban J connectivity index is 1.89. The van der Waals surface area contributed by atoms with Crippen LogP contribution in [0.3, 0.4) is 0 Å². The van der Waals surface area contributed by atoms with Crippen LogP contribution in [0, 0.1) is 11.6 Å². The van der Waals surface area contributed by atoms with Gasteiger partial charge < -0.3 is 10.2 Å². The molecule has 1 N–H and O–H groups in total. The molecule has 3 aromatic carbocycles. The highest BCUT2D eigenvalue weighted by Crippen LogP contribution is 2.21. The molecule has 1 atom stereocenters. The van der Waals surface area contributed by atoms with Crippen LogP contribution in [-0.2, 0) is 28.3 Å². The lowest BCUT2D eigenvalue weighted by molar-refractivity contribution is -0.140. The Morgan fingerprint density at radius 3 is 2.00 bits per heavy atom. The maximum atomic E-state index is 14.6. The standard InChI is InChI=1S/C29H32F2N2O2S/c1-29(2,3)32-28(35)26(17-21-11-5-4-6-12-21)33(18-22-13-7-9-15-24(22)30)27(34)20-36-19-23-14-8-10-16-25(23)31/h4-16,26H,17-20H2,1-3H3,(H,32,35)/t26-/m1/s1. The van der Waals surface area contributed by atoms with E-state index in [1.165, 1.54) is 28.8 Å². The third-order valence-electron chi connectivity index (χ3n) is 5.51. The smallest absolute Gasteiger partial charge is 0.243 e. The van der Waals surface area contributed by atoms with Gasteiger partial charge in [-0.3, -0.25) is 9.59 Å². The van der Waals surface area contributed by atoms with Crippen molar-refractivity contribution in [2.45, 2.75) is 51.1 Å². The third kappa shape index (κ3) is 8.19. The van der Waals surface area contributed by atoms with Gasteiger partial charge in [0.05, 0.1) is 5.75 Å². The SMILES string of the molecule is CC(C)(C)NC(=O)[C@@H](Cc1ccccc1)N(Cc1ccccc1F)C(=O)CSCc1ccccc1F. The lowest BCUT2D eigenvalue weighted by Gasteiger charge is -2.34. The van der Waals surface area contributed by atoms with E-state index in [9.17, 15) is 18.4 Å². The maximum Gasteiger partial charge on any atom is 0.243 e. The molecule has 0 aliphatic rings. The number of carbonyl (C=O) groups is 2. The maximum absolute atomic E-state index is 14.6. The van der Waals surface area contributed by atoms with Gasteiger partial charge in [0.1, 0.15) is 17.7 Å². The summed E-state index contributed by atoms with van der Waals surface area (Å²) in [5, 5.41) is 2.98. The van der Waals surface area contributed by atoms with Crippen molar-refractivity contribution < 1.29 is 18.4 Å². The Labute approximate surface area is 216 Å². The average Bonchev–Trinajstić information content (AvgIpc) is 2.83. The number of thioether (sulfide) groups is 1. The van der Waals surface area contributed by atoms with E-state index in [-0.39, 0.29) is 36.4 Å². The third-order valence-corrected chi connectivity index (χ3v) is 6.47. The number of nitrogens with one attached hydrogen (secondary N) is 1. The van der Waals surface area contributed by atoms with Gasteiger partial charge >= 0.3 is 0 Å². The van der Waals surface area contributed by atoms with Crippen molar-refractivity contribution in [1.29, 1.82) is 0 Å². The van der Waals surface area contributed by atoms with Gasteiger partial charge in [-0.05, 0) is 44.0 Å². The van der Waals surface area contributed by atoms with Gasteiger partial charge in [-0.15, -0.1) is 11.8 Å². The fraction of sp³-hybridized carbons (Fsp3) is 0.310. The van der Waals surface area contributed by atoms with Gasteiger partial charge in [0.25, 0.3) is 0 Å². The van der Waals surface area contributed by atoms with Crippen LogP contribution < -0.4 is 5.32 Å². The summed E-state index contributed by atoms with van der Waals surface area (Å²) in [6, 6.07) is 21.3. The number of rotatable bonds is 10. The summed E-state index contributed by atoms with van der Waals surface area (Å²) in [7, 11) is 0. The highest BCUT2D eigenvalue weighted by Gasteiger charge is 2.32. The Bertz CT molecular complexity index is 1170. The van der Waals surface area contributed by atoms with E-state index in [1.54, 1.807) is 36.4 Å². The van der Waals surface area contributed by atoms with Crippen molar-refractivity contribution in [1.82, 2.24) is 10.2 Å². The van der Waals surface area contributed by atoms with Crippen molar-refractivity contribution in [3.63, 3.8) is 0 Å². The molecule has 0 aliphatic carbocycles. The monoisotopic (exact) mass is 510 g/mol. The zero-order valence-electron chi connectivity index (χ0n) is 20.8. The van der Waals surface area contributed by atoms with E-state index >= 15 is 0 Å². The molecule has 7 heteroatoms. The van der Waals surface area contributed by atoms with Crippen LogP contribution in [0.5, 0.6) is 0 Å². The summed E-state index contributed by atoms with van der Waals surface area (Å²) < 4.78 is 28.6. The number of amides is 2. The molecule has 0 aromatic heterocycles. The summed E-state index contributed by atoms with van der Waals surface area (Å²) in [4.78, 5) is 28.5. The van der Waals surface area contributed by atoms with Crippen LogP contribution in [0.2, 0.25) is 0 Å². The molecule has 0 aliphatic heterocycles. The first-order chi connectivity index (χ1) is 17.1. The van der Waals surface area contributed by atoms with Crippen LogP contribution in [0.25, 0.3) is 0 Å². The van der Waals surface area contributed by atoms with Crippen LogP contribution in [-0.4, -0.2) is 34.0 Å². The minimum atomic E-state index is -0.854. The zero-order chi connectivity index (χ0) is 26.1. The summed E-state index contributed by atoms with van der Waals surface area (Å²) in [5.74, 6) is -1.06. The van der Waals surface area contributed by atoms with Crippen molar-refractivity contribution in [2.75, 3.05) is 5.75 Å². The molecule has 0 bridgehead atoms. The molecule has 190 valence electrons. The molecule has 2 amide bonds. The van der Waals surface area contributed by atoms with Crippen molar-refractivity contribution in [3.05, 3.63) is 107 Å². The molecule has 0 saturated heterocycles. The van der Waals surface area contributed by atoms with Gasteiger partial charge in [0.15, 0.2) is 0 Å². The minimum Gasteiger partial charge on any atom is -0.350 e. The Kier molecular flexibility index (Phi) is 9.65. The second-order valence-corrected chi connectivity index (χ2v) is 10.6. The number of halogens is 2. The van der Waals surface area contributed by atoms with E-state index in [2.05, 4.69) is 5.32 Å². The van der Waals surface area contributed by atoms with Crippen molar-refractivity contribution >= 4 is 23.6 Å². The highest BCUT2D eigenvalue weighted by molar-refractivity contribution is 7.99. The van der Waals surface area contributed by atoms with Crippen LogP contribution in [0.1, 0.15) is 37.5 Å². The fourth-order valence-electron chi connectivity index (χ4n) is 3.76. The molecule has 0 saturated carbocycles. The molecule has 3 aromatic rings. The number of carbonyl (C=O) groups excluding carboxylic acids is 2. The first kappa shape index (κ1) is 27.4. The highest BCUT2D eigenvalue weighted by atomic mass is 32.2. The first-order valence-corrected chi connectivity index (χ1v) is 13.0. The predicted octanol–water partition coefficient (Wildman–Crippen LogP) is 5.75. The summed E-state index contributed by atoms with van der Waals surface area (Å²) in [5.41, 5.74) is 1.20. The van der Waals surface area contributed by atoms with Gasteiger partial charge in [0, 0.05) is 29.8 Å². The first-order valence-electron chi connectivity index (χ1n) is 11.8. The summed E-state index contributed by atoms with van der Waals surface area (Å²) in [6.45, 7) is 5.56. The second kappa shape index (κ2) is 12.7. The molecule has 0 spiro atoms. The Hall–Kier alpha value is -3.19.